The van der Waals surface area contributed by atoms with Gasteiger partial charge in [0.05, 0.1) is 13.2 Å². The zero-order valence-corrected chi connectivity index (χ0v) is 14.3. The van der Waals surface area contributed by atoms with Gasteiger partial charge in [-0.1, -0.05) is 6.92 Å². The number of rotatable bonds is 9. The summed E-state index contributed by atoms with van der Waals surface area (Å²) in [5.41, 5.74) is 0. The topological polar surface area (TPSA) is 54.9 Å². The molecule has 0 heterocycles. The van der Waals surface area contributed by atoms with Crippen molar-refractivity contribution in [3.05, 3.63) is 0 Å². The van der Waals surface area contributed by atoms with E-state index in [0.717, 1.165) is 32.0 Å². The predicted octanol–water partition coefficient (Wildman–Crippen LogP) is 1.62. The number of halogens is 1. The van der Waals surface area contributed by atoms with E-state index in [-0.39, 0.29) is 24.0 Å². The van der Waals surface area contributed by atoms with Crippen LogP contribution in [0.1, 0.15) is 26.7 Å². The van der Waals surface area contributed by atoms with Crippen LogP contribution in [0, 0.1) is 0 Å². The van der Waals surface area contributed by atoms with Gasteiger partial charge in [0, 0.05) is 33.4 Å². The third kappa shape index (κ3) is 12.4. The molecular weight excluding hydrogens is 345 g/mol. The van der Waals surface area contributed by atoms with Gasteiger partial charge in [-0.05, 0) is 19.8 Å². The standard InChI is InChI=1S/C12H27N3O2.HI/c1-5-11(2)15-12(13-3)14-7-6-8-17-10-9-16-4;/h11H,5-10H2,1-4H3,(H2,13,14,15);1H. The molecule has 2 N–H and O–H groups in total. The summed E-state index contributed by atoms with van der Waals surface area (Å²) in [5, 5.41) is 6.56. The minimum Gasteiger partial charge on any atom is -0.382 e. The van der Waals surface area contributed by atoms with Crippen molar-refractivity contribution in [1.29, 1.82) is 0 Å². The van der Waals surface area contributed by atoms with Gasteiger partial charge in [-0.25, -0.2) is 0 Å². The predicted molar refractivity (Wildman–Crippen MR) is 87.0 cm³/mol. The highest BCUT2D eigenvalue weighted by Gasteiger charge is 2.01. The molecule has 0 radical (unpaired) electrons. The molecule has 0 bridgehead atoms. The normalized spacial score (nSPS) is 12.8. The third-order valence-electron chi connectivity index (χ3n) is 2.41. The summed E-state index contributed by atoms with van der Waals surface area (Å²) in [6, 6.07) is 0.444. The van der Waals surface area contributed by atoms with Gasteiger partial charge in [-0.3, -0.25) is 4.99 Å². The van der Waals surface area contributed by atoms with Gasteiger partial charge in [-0.2, -0.15) is 0 Å². The van der Waals surface area contributed by atoms with Crippen LogP contribution in [0.3, 0.4) is 0 Å². The SMILES string of the molecule is CCC(C)NC(=NC)NCCCOCCOC.I. The third-order valence-corrected chi connectivity index (χ3v) is 2.41. The summed E-state index contributed by atoms with van der Waals surface area (Å²) in [7, 11) is 3.46. The summed E-state index contributed by atoms with van der Waals surface area (Å²) < 4.78 is 10.3. The largest absolute Gasteiger partial charge is 0.382 e. The van der Waals surface area contributed by atoms with Gasteiger partial charge >= 0.3 is 0 Å². The quantitative estimate of drug-likeness (QED) is 0.279. The van der Waals surface area contributed by atoms with Crippen molar-refractivity contribution in [2.24, 2.45) is 4.99 Å². The summed E-state index contributed by atoms with van der Waals surface area (Å²) >= 11 is 0. The maximum absolute atomic E-state index is 5.37. The zero-order chi connectivity index (χ0) is 12.9. The lowest BCUT2D eigenvalue weighted by atomic mass is 10.3. The van der Waals surface area contributed by atoms with Gasteiger partial charge in [0.15, 0.2) is 5.96 Å². The Morgan fingerprint density at radius 3 is 2.56 bits per heavy atom. The molecule has 0 rings (SSSR count). The van der Waals surface area contributed by atoms with E-state index >= 15 is 0 Å². The van der Waals surface area contributed by atoms with Crippen molar-refractivity contribution in [2.75, 3.05) is 40.5 Å². The van der Waals surface area contributed by atoms with Crippen LogP contribution in [0.15, 0.2) is 4.99 Å². The van der Waals surface area contributed by atoms with Crippen LogP contribution in [-0.4, -0.2) is 52.5 Å². The van der Waals surface area contributed by atoms with E-state index < -0.39 is 0 Å². The number of ether oxygens (including phenoxy) is 2. The summed E-state index contributed by atoms with van der Waals surface area (Å²) in [6.07, 6.45) is 2.05. The number of hydrogen-bond acceptors (Lipinski definition) is 3. The Morgan fingerprint density at radius 2 is 2.00 bits per heavy atom. The van der Waals surface area contributed by atoms with Crippen molar-refractivity contribution < 1.29 is 9.47 Å². The fraction of sp³-hybridized carbons (Fsp3) is 0.917. The van der Waals surface area contributed by atoms with Gasteiger partial charge in [0.2, 0.25) is 0 Å². The highest BCUT2D eigenvalue weighted by molar-refractivity contribution is 14.0. The molecule has 18 heavy (non-hydrogen) atoms. The number of hydrogen-bond donors (Lipinski definition) is 2. The first-order valence-electron chi connectivity index (χ1n) is 6.28. The van der Waals surface area contributed by atoms with Crippen molar-refractivity contribution >= 4 is 29.9 Å². The van der Waals surface area contributed by atoms with E-state index in [1.54, 1.807) is 14.2 Å². The number of aliphatic imine (C=N–C) groups is 1. The highest BCUT2D eigenvalue weighted by Crippen LogP contribution is 1.87. The molecule has 0 aromatic carbocycles. The molecule has 110 valence electrons. The second kappa shape index (κ2) is 15.0. The van der Waals surface area contributed by atoms with Crippen molar-refractivity contribution in [3.63, 3.8) is 0 Å². The van der Waals surface area contributed by atoms with Gasteiger partial charge in [0.25, 0.3) is 0 Å². The molecule has 1 unspecified atom stereocenters. The molecule has 0 saturated heterocycles. The molecule has 0 aliphatic rings. The van der Waals surface area contributed by atoms with E-state index in [0.29, 0.717) is 19.3 Å². The Bertz CT molecular complexity index is 204. The van der Waals surface area contributed by atoms with Crippen LogP contribution in [0.25, 0.3) is 0 Å². The van der Waals surface area contributed by atoms with Crippen LogP contribution in [-0.2, 0) is 9.47 Å². The molecule has 0 fully saturated rings. The first-order chi connectivity index (χ1) is 8.24. The summed E-state index contributed by atoms with van der Waals surface area (Å²) in [4.78, 5) is 4.16. The van der Waals surface area contributed by atoms with Gasteiger partial charge < -0.3 is 20.1 Å². The molecule has 0 amide bonds. The van der Waals surface area contributed by atoms with E-state index in [4.69, 9.17) is 9.47 Å². The number of nitrogens with one attached hydrogen (secondary N) is 2. The molecule has 0 aromatic heterocycles. The zero-order valence-electron chi connectivity index (χ0n) is 12.0. The molecule has 1 atom stereocenters. The molecule has 0 aromatic rings. The van der Waals surface area contributed by atoms with Crippen LogP contribution in [0.4, 0.5) is 0 Å². The van der Waals surface area contributed by atoms with Crippen LogP contribution < -0.4 is 10.6 Å². The number of methoxy groups -OCH3 is 1. The first kappa shape index (κ1) is 20.2. The fourth-order valence-corrected chi connectivity index (χ4v) is 1.16. The molecule has 6 heteroatoms. The van der Waals surface area contributed by atoms with Crippen LogP contribution in [0.5, 0.6) is 0 Å². The Labute approximate surface area is 128 Å². The van der Waals surface area contributed by atoms with Gasteiger partial charge in [-0.15, -0.1) is 24.0 Å². The fourth-order valence-electron chi connectivity index (χ4n) is 1.16. The minimum absolute atomic E-state index is 0. The maximum Gasteiger partial charge on any atom is 0.191 e. The Balaban J connectivity index is 0. The Kier molecular flexibility index (Phi) is 16.8. The lowest BCUT2D eigenvalue weighted by Crippen LogP contribution is -2.42. The van der Waals surface area contributed by atoms with Gasteiger partial charge in [0.1, 0.15) is 0 Å². The average molecular weight is 373 g/mol. The smallest absolute Gasteiger partial charge is 0.191 e. The molecule has 0 spiro atoms. The average Bonchev–Trinajstić information content (AvgIpc) is 2.35. The van der Waals surface area contributed by atoms with Crippen LogP contribution in [0.2, 0.25) is 0 Å². The first-order valence-corrected chi connectivity index (χ1v) is 6.28. The number of nitrogens with zero attached hydrogens (tertiary/aromatic N) is 1. The molecule has 0 saturated carbocycles. The van der Waals surface area contributed by atoms with Crippen molar-refractivity contribution in [3.8, 4) is 0 Å². The van der Waals surface area contributed by atoms with E-state index in [9.17, 15) is 0 Å². The second-order valence-corrected chi connectivity index (χ2v) is 3.91. The molecule has 5 nitrogen and oxygen atoms in total. The number of guanidine groups is 1. The molecule has 0 aliphatic heterocycles. The summed E-state index contributed by atoms with van der Waals surface area (Å²) in [5.74, 6) is 0.858. The minimum atomic E-state index is 0. The Hall–Kier alpha value is -0.0800. The molecular formula is C12H28IN3O2. The maximum atomic E-state index is 5.37. The lowest BCUT2D eigenvalue weighted by Gasteiger charge is -2.16. The van der Waals surface area contributed by atoms with Crippen molar-refractivity contribution in [1.82, 2.24) is 10.6 Å². The van der Waals surface area contributed by atoms with E-state index in [1.165, 1.54) is 0 Å². The van der Waals surface area contributed by atoms with E-state index in [2.05, 4.69) is 29.5 Å². The lowest BCUT2D eigenvalue weighted by molar-refractivity contribution is 0.0698. The monoisotopic (exact) mass is 373 g/mol. The highest BCUT2D eigenvalue weighted by atomic mass is 127. The Morgan fingerprint density at radius 1 is 1.28 bits per heavy atom. The van der Waals surface area contributed by atoms with E-state index in [1.807, 2.05) is 0 Å². The summed E-state index contributed by atoms with van der Waals surface area (Å²) in [6.45, 7) is 7.22. The molecule has 0 aliphatic carbocycles. The second-order valence-electron chi connectivity index (χ2n) is 3.91. The van der Waals surface area contributed by atoms with Crippen molar-refractivity contribution in [2.45, 2.75) is 32.7 Å². The van der Waals surface area contributed by atoms with Crippen LogP contribution >= 0.6 is 24.0 Å².